The predicted molar refractivity (Wildman–Crippen MR) is 120 cm³/mol. The van der Waals surface area contributed by atoms with Crippen molar-refractivity contribution in [2.24, 2.45) is 0 Å². The molecule has 6 heteroatoms. The van der Waals surface area contributed by atoms with Gasteiger partial charge in [0, 0.05) is 53.6 Å². The molecule has 1 amide bonds. The van der Waals surface area contributed by atoms with Crippen molar-refractivity contribution in [3.05, 3.63) is 76.7 Å². The van der Waals surface area contributed by atoms with Gasteiger partial charge in [-0.1, -0.05) is 23.7 Å². The molecule has 1 atom stereocenters. The summed E-state index contributed by atoms with van der Waals surface area (Å²) < 4.78 is 0. The number of hydrogen-bond donors (Lipinski definition) is 1. The molecule has 4 rings (SSSR count). The van der Waals surface area contributed by atoms with Crippen LogP contribution >= 0.6 is 11.6 Å². The lowest BCUT2D eigenvalue weighted by atomic mass is 9.99. The number of aromatic nitrogens is 2. The number of nitrogens with zero attached hydrogens (tertiary/aromatic N) is 3. The quantitative estimate of drug-likeness (QED) is 0.652. The van der Waals surface area contributed by atoms with E-state index in [1.54, 1.807) is 12.3 Å². The Morgan fingerprint density at radius 1 is 1.20 bits per heavy atom. The lowest BCUT2D eigenvalue weighted by Crippen LogP contribution is -2.28. The largest absolute Gasteiger partial charge is 0.384 e. The van der Waals surface area contributed by atoms with Crippen molar-refractivity contribution in [1.82, 2.24) is 14.9 Å². The summed E-state index contributed by atoms with van der Waals surface area (Å²) in [6.07, 6.45) is 3.92. The first-order valence-electron chi connectivity index (χ1n) is 10.2. The van der Waals surface area contributed by atoms with E-state index in [-0.39, 0.29) is 11.8 Å². The lowest BCUT2D eigenvalue weighted by Gasteiger charge is -2.17. The molecular formula is C24H25ClN4O. The molecule has 154 valence electrons. The number of anilines is 1. The summed E-state index contributed by atoms with van der Waals surface area (Å²) >= 11 is 6.04. The number of pyridine rings is 2. The number of rotatable bonds is 5. The van der Waals surface area contributed by atoms with Crippen molar-refractivity contribution < 1.29 is 4.79 Å². The molecule has 30 heavy (non-hydrogen) atoms. The van der Waals surface area contributed by atoms with E-state index in [2.05, 4.69) is 17.1 Å². The topological polar surface area (TPSA) is 72.1 Å². The number of aryl methyl sites for hydroxylation is 2. The molecule has 1 aromatic carbocycles. The summed E-state index contributed by atoms with van der Waals surface area (Å²) in [7, 11) is 0. The van der Waals surface area contributed by atoms with Gasteiger partial charge in [-0.05, 0) is 67.3 Å². The number of amides is 1. The van der Waals surface area contributed by atoms with Crippen molar-refractivity contribution in [2.75, 3.05) is 18.8 Å². The molecule has 3 heterocycles. The molecule has 1 unspecified atom stereocenters. The van der Waals surface area contributed by atoms with E-state index in [0.29, 0.717) is 30.2 Å². The fourth-order valence-electron chi connectivity index (χ4n) is 3.98. The summed E-state index contributed by atoms with van der Waals surface area (Å²) in [5, 5.41) is 0.707. The molecule has 1 fully saturated rings. The highest BCUT2D eigenvalue weighted by molar-refractivity contribution is 6.30. The molecule has 0 saturated carbocycles. The molecule has 0 radical (unpaired) electrons. The molecule has 1 saturated heterocycles. The molecule has 1 aliphatic rings. The van der Waals surface area contributed by atoms with E-state index in [1.807, 2.05) is 42.2 Å². The van der Waals surface area contributed by atoms with Crippen LogP contribution in [0.25, 0.3) is 11.1 Å². The third kappa shape index (κ3) is 4.79. The van der Waals surface area contributed by atoms with Gasteiger partial charge in [-0.2, -0.15) is 0 Å². The number of benzene rings is 1. The van der Waals surface area contributed by atoms with Crippen molar-refractivity contribution in [2.45, 2.75) is 32.1 Å². The second-order valence-electron chi connectivity index (χ2n) is 7.85. The van der Waals surface area contributed by atoms with Crippen LogP contribution in [0.1, 0.15) is 35.7 Å². The van der Waals surface area contributed by atoms with E-state index in [1.165, 1.54) is 0 Å². The Kier molecular flexibility index (Phi) is 6.00. The van der Waals surface area contributed by atoms with Gasteiger partial charge in [0.2, 0.25) is 5.91 Å². The molecular weight excluding hydrogens is 396 g/mol. The smallest absolute Gasteiger partial charge is 0.222 e. The fourth-order valence-corrected chi connectivity index (χ4v) is 4.19. The van der Waals surface area contributed by atoms with Gasteiger partial charge in [0.05, 0.1) is 0 Å². The van der Waals surface area contributed by atoms with Crippen LogP contribution in [0.5, 0.6) is 0 Å². The first kappa shape index (κ1) is 20.4. The lowest BCUT2D eigenvalue weighted by molar-refractivity contribution is -0.130. The van der Waals surface area contributed by atoms with Crippen LogP contribution in [-0.4, -0.2) is 33.9 Å². The fraction of sp³-hybridized carbons (Fsp3) is 0.292. The minimum atomic E-state index is 0.188. The van der Waals surface area contributed by atoms with Crippen LogP contribution in [0, 0.1) is 6.92 Å². The zero-order chi connectivity index (χ0) is 21.1. The van der Waals surface area contributed by atoms with Crippen molar-refractivity contribution in [3.63, 3.8) is 0 Å². The van der Waals surface area contributed by atoms with Gasteiger partial charge in [0.15, 0.2) is 0 Å². The summed E-state index contributed by atoms with van der Waals surface area (Å²) in [5.74, 6) is 0.945. The van der Waals surface area contributed by atoms with Crippen molar-refractivity contribution >= 4 is 23.3 Å². The summed E-state index contributed by atoms with van der Waals surface area (Å²) in [6.45, 7) is 3.48. The molecule has 0 bridgehead atoms. The minimum absolute atomic E-state index is 0.188. The average molecular weight is 421 g/mol. The SMILES string of the molecule is Cc1cc(-c2ccc(N)nc2)cc(C2CCN(C(=O)CCc3cccc(Cl)c3)C2)n1. The molecule has 3 aromatic rings. The Morgan fingerprint density at radius 2 is 2.07 bits per heavy atom. The van der Waals surface area contributed by atoms with Gasteiger partial charge >= 0.3 is 0 Å². The maximum Gasteiger partial charge on any atom is 0.222 e. The number of nitrogen functional groups attached to an aromatic ring is 1. The van der Waals surface area contributed by atoms with E-state index in [0.717, 1.165) is 41.0 Å². The predicted octanol–water partition coefficient (Wildman–Crippen LogP) is 4.64. The molecule has 0 aliphatic carbocycles. The van der Waals surface area contributed by atoms with Crippen molar-refractivity contribution in [3.8, 4) is 11.1 Å². The molecule has 0 spiro atoms. The molecule has 2 aromatic heterocycles. The third-order valence-corrected chi connectivity index (χ3v) is 5.80. The summed E-state index contributed by atoms with van der Waals surface area (Å²) in [4.78, 5) is 23.6. The van der Waals surface area contributed by atoms with E-state index in [9.17, 15) is 4.79 Å². The standard InChI is InChI=1S/C24H25ClN4O/c1-16-11-20(18-6-7-23(26)27-14-18)13-22(28-16)19-9-10-29(15-19)24(30)8-5-17-3-2-4-21(25)12-17/h2-4,6-7,11-14,19H,5,8-10,15H2,1H3,(H2,26,27). The Hall–Kier alpha value is -2.92. The molecule has 2 N–H and O–H groups in total. The molecule has 5 nitrogen and oxygen atoms in total. The minimum Gasteiger partial charge on any atom is -0.384 e. The average Bonchev–Trinajstić information content (AvgIpc) is 3.23. The number of halogens is 1. The van der Waals surface area contributed by atoms with Gasteiger partial charge in [0.25, 0.3) is 0 Å². The molecule has 1 aliphatic heterocycles. The zero-order valence-corrected chi connectivity index (χ0v) is 17.8. The number of likely N-dealkylation sites (tertiary alicyclic amines) is 1. The van der Waals surface area contributed by atoms with Gasteiger partial charge in [0.1, 0.15) is 5.82 Å². The highest BCUT2D eigenvalue weighted by Crippen LogP contribution is 2.30. The zero-order valence-electron chi connectivity index (χ0n) is 17.0. The second-order valence-corrected chi connectivity index (χ2v) is 8.29. The van der Waals surface area contributed by atoms with E-state index < -0.39 is 0 Å². The van der Waals surface area contributed by atoms with Crippen LogP contribution < -0.4 is 5.73 Å². The van der Waals surface area contributed by atoms with Gasteiger partial charge in [-0.25, -0.2) is 4.98 Å². The van der Waals surface area contributed by atoms with E-state index >= 15 is 0 Å². The van der Waals surface area contributed by atoms with Crippen LogP contribution in [-0.2, 0) is 11.2 Å². The monoisotopic (exact) mass is 420 g/mol. The maximum absolute atomic E-state index is 12.7. The number of nitrogens with two attached hydrogens (primary N) is 1. The third-order valence-electron chi connectivity index (χ3n) is 5.57. The highest BCUT2D eigenvalue weighted by atomic mass is 35.5. The highest BCUT2D eigenvalue weighted by Gasteiger charge is 2.28. The first-order valence-corrected chi connectivity index (χ1v) is 10.6. The van der Waals surface area contributed by atoms with Crippen LogP contribution in [0.3, 0.4) is 0 Å². The van der Waals surface area contributed by atoms with Gasteiger partial charge < -0.3 is 10.6 Å². The second kappa shape index (κ2) is 8.84. The Balaban J connectivity index is 1.42. The Morgan fingerprint density at radius 3 is 2.83 bits per heavy atom. The Labute approximate surface area is 181 Å². The van der Waals surface area contributed by atoms with Crippen LogP contribution in [0.15, 0.2) is 54.7 Å². The summed E-state index contributed by atoms with van der Waals surface area (Å²) in [5.41, 5.74) is 10.9. The van der Waals surface area contributed by atoms with Gasteiger partial charge in [-0.15, -0.1) is 0 Å². The first-order chi connectivity index (χ1) is 14.5. The normalized spacial score (nSPS) is 16.1. The number of carbonyl (C=O) groups excluding carboxylic acids is 1. The van der Waals surface area contributed by atoms with Gasteiger partial charge in [-0.3, -0.25) is 9.78 Å². The number of hydrogen-bond acceptors (Lipinski definition) is 4. The maximum atomic E-state index is 12.7. The van der Waals surface area contributed by atoms with Crippen LogP contribution in [0.4, 0.5) is 5.82 Å². The number of carbonyl (C=O) groups is 1. The van der Waals surface area contributed by atoms with Crippen molar-refractivity contribution in [1.29, 1.82) is 0 Å². The van der Waals surface area contributed by atoms with Crippen LogP contribution in [0.2, 0.25) is 5.02 Å². The van der Waals surface area contributed by atoms with E-state index in [4.69, 9.17) is 22.3 Å². The Bertz CT molecular complexity index is 1050. The summed E-state index contributed by atoms with van der Waals surface area (Å²) in [6, 6.07) is 15.7.